The first kappa shape index (κ1) is 21.1. The van der Waals surface area contributed by atoms with Crippen LogP contribution in [-0.4, -0.2) is 74.7 Å². The molecule has 1 unspecified atom stereocenters. The molecular weight excluding hydrogens is 410 g/mol. The van der Waals surface area contributed by atoms with Gasteiger partial charge in [0, 0.05) is 44.3 Å². The Morgan fingerprint density at radius 2 is 1.79 bits per heavy atom. The average molecular weight is 440 g/mol. The summed E-state index contributed by atoms with van der Waals surface area (Å²) in [6.07, 6.45) is 4.03. The molecule has 3 fully saturated rings. The van der Waals surface area contributed by atoms with Gasteiger partial charge in [0.05, 0.1) is 11.7 Å². The normalized spacial score (nSPS) is 25.7. The molecule has 8 heteroatoms. The number of carbonyl (C=O) groups excluding carboxylic acids is 1. The van der Waals surface area contributed by atoms with E-state index < -0.39 is 10.0 Å². The fourth-order valence-corrected chi connectivity index (χ4v) is 7.15. The van der Waals surface area contributed by atoms with Crippen LogP contribution in [0.5, 0.6) is 0 Å². The molecule has 1 spiro atoms. The number of benzene rings is 1. The lowest BCUT2D eigenvalue weighted by atomic mass is 9.76. The molecule has 0 aromatic heterocycles. The summed E-state index contributed by atoms with van der Waals surface area (Å²) in [4.78, 5) is 17.6. The second kappa shape index (κ2) is 8.17. The van der Waals surface area contributed by atoms with E-state index in [2.05, 4.69) is 11.9 Å². The van der Waals surface area contributed by atoms with Crippen molar-refractivity contribution in [3.05, 3.63) is 34.9 Å². The van der Waals surface area contributed by atoms with E-state index >= 15 is 0 Å². The number of amides is 1. The molecule has 1 atom stereocenters. The lowest BCUT2D eigenvalue weighted by Gasteiger charge is -2.37. The third-order valence-electron chi connectivity index (χ3n) is 7.02. The summed E-state index contributed by atoms with van der Waals surface area (Å²) in [5.74, 6) is -0.192. The van der Waals surface area contributed by atoms with Gasteiger partial charge in [0.25, 0.3) is 0 Å². The fraction of sp³-hybridized carbons (Fsp3) is 0.667. The first-order valence-corrected chi connectivity index (χ1v) is 12.5. The summed E-state index contributed by atoms with van der Waals surface area (Å²) in [5.41, 5.74) is 0.414. The van der Waals surface area contributed by atoms with E-state index in [1.807, 2.05) is 4.90 Å². The Bertz CT molecular complexity index is 862. The van der Waals surface area contributed by atoms with Crippen molar-refractivity contribution in [2.24, 2.45) is 11.3 Å². The minimum absolute atomic E-state index is 0.113. The van der Waals surface area contributed by atoms with Crippen LogP contribution in [0.3, 0.4) is 0 Å². The summed E-state index contributed by atoms with van der Waals surface area (Å²) < 4.78 is 28.0. The highest BCUT2D eigenvalue weighted by Gasteiger charge is 2.54. The molecule has 6 nitrogen and oxygen atoms in total. The number of halogens is 1. The van der Waals surface area contributed by atoms with E-state index in [-0.39, 0.29) is 23.0 Å². The molecule has 2 saturated heterocycles. The van der Waals surface area contributed by atoms with Crippen LogP contribution in [0.1, 0.15) is 31.2 Å². The first-order valence-electron chi connectivity index (χ1n) is 10.5. The van der Waals surface area contributed by atoms with Crippen LogP contribution in [-0.2, 0) is 20.6 Å². The lowest BCUT2D eigenvalue weighted by molar-refractivity contribution is -0.139. The molecule has 29 heavy (non-hydrogen) atoms. The quantitative estimate of drug-likeness (QED) is 0.722. The predicted molar refractivity (Wildman–Crippen MR) is 114 cm³/mol. The standard InChI is InChI=1S/C21H30ClN3O3S/c1-23-10-12-24(13-11-23)20(26)18-14-25(16-21(18)8-4-5-9-21)29(27,28)15-17-6-2-3-7-19(17)22/h2-3,6-7,18H,4-5,8-16H2,1H3. The number of piperazine rings is 1. The molecule has 1 aliphatic carbocycles. The summed E-state index contributed by atoms with van der Waals surface area (Å²) in [6.45, 7) is 3.98. The van der Waals surface area contributed by atoms with Crippen molar-refractivity contribution >= 4 is 27.5 Å². The van der Waals surface area contributed by atoms with E-state index in [1.54, 1.807) is 28.6 Å². The maximum Gasteiger partial charge on any atom is 0.227 e. The van der Waals surface area contributed by atoms with Gasteiger partial charge >= 0.3 is 0 Å². The highest BCUT2D eigenvalue weighted by Crippen LogP contribution is 2.50. The van der Waals surface area contributed by atoms with Crippen molar-refractivity contribution in [1.29, 1.82) is 0 Å². The van der Waals surface area contributed by atoms with E-state index in [1.165, 1.54) is 0 Å². The van der Waals surface area contributed by atoms with Crippen LogP contribution < -0.4 is 0 Å². The average Bonchev–Trinajstić information content (AvgIpc) is 3.32. The van der Waals surface area contributed by atoms with Gasteiger partial charge < -0.3 is 9.80 Å². The van der Waals surface area contributed by atoms with Crippen molar-refractivity contribution < 1.29 is 13.2 Å². The molecule has 2 heterocycles. The Labute approximate surface area is 178 Å². The number of nitrogens with zero attached hydrogens (tertiary/aromatic N) is 3. The monoisotopic (exact) mass is 439 g/mol. The van der Waals surface area contributed by atoms with Gasteiger partial charge in [0.15, 0.2) is 0 Å². The Morgan fingerprint density at radius 3 is 2.45 bits per heavy atom. The van der Waals surface area contributed by atoms with Crippen LogP contribution in [0.2, 0.25) is 5.02 Å². The molecule has 0 bridgehead atoms. The molecular formula is C21H30ClN3O3S. The smallest absolute Gasteiger partial charge is 0.227 e. The van der Waals surface area contributed by atoms with Crippen molar-refractivity contribution in [2.75, 3.05) is 46.3 Å². The first-order chi connectivity index (χ1) is 13.8. The van der Waals surface area contributed by atoms with Crippen LogP contribution in [0, 0.1) is 11.3 Å². The third-order valence-corrected chi connectivity index (χ3v) is 9.13. The second-order valence-electron chi connectivity index (χ2n) is 8.89. The Balaban J connectivity index is 1.54. The Morgan fingerprint density at radius 1 is 1.14 bits per heavy atom. The van der Waals surface area contributed by atoms with Gasteiger partial charge in [0.1, 0.15) is 0 Å². The molecule has 0 radical (unpaired) electrons. The third kappa shape index (κ3) is 4.20. The van der Waals surface area contributed by atoms with Gasteiger partial charge in [-0.15, -0.1) is 0 Å². The lowest BCUT2D eigenvalue weighted by Crippen LogP contribution is -2.51. The van der Waals surface area contributed by atoms with Gasteiger partial charge in [-0.1, -0.05) is 42.6 Å². The summed E-state index contributed by atoms with van der Waals surface area (Å²) in [6, 6.07) is 7.08. The van der Waals surface area contributed by atoms with Crippen molar-refractivity contribution in [3.8, 4) is 0 Å². The molecule has 1 saturated carbocycles. The molecule has 1 amide bonds. The van der Waals surface area contributed by atoms with Crippen molar-refractivity contribution in [2.45, 2.75) is 31.4 Å². The number of rotatable bonds is 4. The van der Waals surface area contributed by atoms with Crippen LogP contribution in [0.4, 0.5) is 0 Å². The molecule has 3 aliphatic rings. The number of hydrogen-bond donors (Lipinski definition) is 0. The minimum atomic E-state index is -3.54. The summed E-state index contributed by atoms with van der Waals surface area (Å²) in [5, 5.41) is 0.468. The van der Waals surface area contributed by atoms with Crippen LogP contribution in [0.25, 0.3) is 0 Å². The summed E-state index contributed by atoms with van der Waals surface area (Å²) in [7, 11) is -1.47. The van der Waals surface area contributed by atoms with Crippen LogP contribution >= 0.6 is 11.6 Å². The van der Waals surface area contributed by atoms with E-state index in [0.717, 1.165) is 51.9 Å². The minimum Gasteiger partial charge on any atom is -0.340 e. The van der Waals surface area contributed by atoms with Gasteiger partial charge in [-0.3, -0.25) is 4.79 Å². The molecule has 2 aliphatic heterocycles. The van der Waals surface area contributed by atoms with Gasteiger partial charge in [0.2, 0.25) is 15.9 Å². The molecule has 0 N–H and O–H groups in total. The van der Waals surface area contributed by atoms with Gasteiger partial charge in [-0.2, -0.15) is 0 Å². The van der Waals surface area contributed by atoms with E-state index in [9.17, 15) is 13.2 Å². The van der Waals surface area contributed by atoms with Crippen molar-refractivity contribution in [3.63, 3.8) is 0 Å². The fourth-order valence-electron chi connectivity index (χ4n) is 5.21. The molecule has 1 aromatic carbocycles. The second-order valence-corrected chi connectivity index (χ2v) is 11.3. The highest BCUT2D eigenvalue weighted by molar-refractivity contribution is 7.88. The van der Waals surface area contributed by atoms with Crippen molar-refractivity contribution in [1.82, 2.24) is 14.1 Å². The Hall–Kier alpha value is -1.15. The number of hydrogen-bond acceptors (Lipinski definition) is 4. The largest absolute Gasteiger partial charge is 0.340 e. The zero-order valence-electron chi connectivity index (χ0n) is 17.0. The van der Waals surface area contributed by atoms with E-state index in [0.29, 0.717) is 23.7 Å². The van der Waals surface area contributed by atoms with Crippen LogP contribution in [0.15, 0.2) is 24.3 Å². The SMILES string of the molecule is CN1CCN(C(=O)C2CN(S(=O)(=O)Cc3ccccc3Cl)CC23CCCC3)CC1. The van der Waals surface area contributed by atoms with E-state index in [4.69, 9.17) is 11.6 Å². The number of sulfonamides is 1. The predicted octanol–water partition coefficient (Wildman–Crippen LogP) is 2.44. The van der Waals surface area contributed by atoms with Gasteiger partial charge in [-0.05, 0) is 36.9 Å². The highest BCUT2D eigenvalue weighted by atomic mass is 35.5. The molecule has 4 rings (SSSR count). The maximum absolute atomic E-state index is 13.4. The summed E-state index contributed by atoms with van der Waals surface area (Å²) >= 11 is 6.20. The number of carbonyl (C=O) groups is 1. The zero-order valence-corrected chi connectivity index (χ0v) is 18.6. The zero-order chi connectivity index (χ0) is 20.6. The topological polar surface area (TPSA) is 60.9 Å². The Kier molecular flexibility index (Phi) is 5.95. The van der Waals surface area contributed by atoms with Gasteiger partial charge in [-0.25, -0.2) is 12.7 Å². The number of likely N-dealkylation sites (N-methyl/N-ethyl adjacent to an activating group) is 1. The molecule has 1 aromatic rings. The molecule has 160 valence electrons. The maximum atomic E-state index is 13.4.